The van der Waals surface area contributed by atoms with E-state index in [1.807, 2.05) is 24.3 Å². The number of likely N-dealkylation sites (tertiary alicyclic amines) is 1. The zero-order chi connectivity index (χ0) is 21.2. The topological polar surface area (TPSA) is 79.0 Å². The van der Waals surface area contributed by atoms with Crippen LogP contribution in [-0.2, 0) is 11.2 Å². The molecule has 0 bridgehead atoms. The summed E-state index contributed by atoms with van der Waals surface area (Å²) in [6, 6.07) is 11.8. The van der Waals surface area contributed by atoms with Crippen LogP contribution in [0.5, 0.6) is 0 Å². The van der Waals surface area contributed by atoms with E-state index in [-0.39, 0.29) is 12.1 Å². The summed E-state index contributed by atoms with van der Waals surface area (Å²) in [7, 11) is 0. The third kappa shape index (κ3) is 4.35. The Morgan fingerprint density at radius 3 is 2.74 bits per heavy atom. The molecular weight excluding hydrogens is 394 g/mol. The summed E-state index contributed by atoms with van der Waals surface area (Å²) < 4.78 is 11.3. The van der Waals surface area contributed by atoms with E-state index in [4.69, 9.17) is 9.15 Å². The molecule has 4 heterocycles. The Labute approximate surface area is 181 Å². The Morgan fingerprint density at radius 1 is 1.13 bits per heavy atom. The monoisotopic (exact) mass is 421 g/mol. The maximum Gasteiger partial charge on any atom is 0.255 e. The highest BCUT2D eigenvalue weighted by atomic mass is 16.5. The molecule has 2 aromatic heterocycles. The van der Waals surface area contributed by atoms with Crippen molar-refractivity contribution in [2.24, 2.45) is 0 Å². The van der Waals surface area contributed by atoms with E-state index in [1.165, 1.54) is 0 Å². The summed E-state index contributed by atoms with van der Waals surface area (Å²) >= 11 is 0. The second kappa shape index (κ2) is 8.78. The number of pyridine rings is 1. The molecule has 1 atom stereocenters. The molecule has 2 saturated heterocycles. The van der Waals surface area contributed by atoms with Gasteiger partial charge in [-0.25, -0.2) is 0 Å². The largest absolute Gasteiger partial charge is 0.461 e. The van der Waals surface area contributed by atoms with Gasteiger partial charge in [-0.1, -0.05) is 0 Å². The standard InChI is InChI=1S/C24H27N3O4/c28-23-2-1-8-26(23)9-7-20-15-19-14-17(4-6-22(19)31-20)21-5-3-18(16-25-21)24(29)27-10-12-30-13-11-27/h3-6,14-16,23,28H,1-2,7-13H2/t23-/m0/s1. The fourth-order valence-corrected chi connectivity index (χ4v) is 4.34. The summed E-state index contributed by atoms with van der Waals surface area (Å²) in [5, 5.41) is 11.0. The van der Waals surface area contributed by atoms with Crippen molar-refractivity contribution in [1.82, 2.24) is 14.8 Å². The number of aliphatic hydroxyl groups is 1. The lowest BCUT2D eigenvalue weighted by Gasteiger charge is -2.26. The highest BCUT2D eigenvalue weighted by molar-refractivity contribution is 5.94. The minimum Gasteiger partial charge on any atom is -0.461 e. The van der Waals surface area contributed by atoms with Gasteiger partial charge in [0.2, 0.25) is 0 Å². The highest BCUT2D eigenvalue weighted by Crippen LogP contribution is 2.27. The van der Waals surface area contributed by atoms with Crippen molar-refractivity contribution < 1.29 is 19.1 Å². The molecule has 0 saturated carbocycles. The van der Waals surface area contributed by atoms with Gasteiger partial charge in [0, 0.05) is 49.7 Å². The van der Waals surface area contributed by atoms with Crippen molar-refractivity contribution >= 4 is 16.9 Å². The fraction of sp³-hybridized carbons (Fsp3) is 0.417. The van der Waals surface area contributed by atoms with Gasteiger partial charge in [0.25, 0.3) is 5.91 Å². The molecule has 2 aliphatic rings. The maximum absolute atomic E-state index is 12.6. The normalized spacial score (nSPS) is 19.9. The second-order valence-corrected chi connectivity index (χ2v) is 8.21. The summed E-state index contributed by atoms with van der Waals surface area (Å²) in [5.74, 6) is 0.922. The van der Waals surface area contributed by atoms with Gasteiger partial charge in [-0.05, 0) is 49.2 Å². The lowest BCUT2D eigenvalue weighted by atomic mass is 10.1. The molecule has 5 rings (SSSR count). The maximum atomic E-state index is 12.6. The van der Waals surface area contributed by atoms with Gasteiger partial charge in [0.1, 0.15) is 17.6 Å². The average molecular weight is 421 g/mol. The van der Waals surface area contributed by atoms with Crippen molar-refractivity contribution in [1.29, 1.82) is 0 Å². The molecule has 0 aliphatic carbocycles. The molecule has 1 aromatic carbocycles. The van der Waals surface area contributed by atoms with Crippen LogP contribution in [0, 0.1) is 0 Å². The first-order chi connectivity index (χ1) is 15.2. The van der Waals surface area contributed by atoms with Crippen LogP contribution < -0.4 is 0 Å². The predicted molar refractivity (Wildman–Crippen MR) is 117 cm³/mol. The van der Waals surface area contributed by atoms with Crippen LogP contribution in [0.4, 0.5) is 0 Å². The number of amides is 1. The Bertz CT molecular complexity index is 1060. The van der Waals surface area contributed by atoms with Crippen molar-refractivity contribution in [2.45, 2.75) is 25.5 Å². The number of carbonyl (C=O) groups is 1. The van der Waals surface area contributed by atoms with Crippen molar-refractivity contribution in [3.8, 4) is 11.3 Å². The molecule has 2 aliphatic heterocycles. The van der Waals surface area contributed by atoms with E-state index < -0.39 is 0 Å². The molecule has 0 radical (unpaired) electrons. The molecule has 3 aromatic rings. The number of hydrogen-bond acceptors (Lipinski definition) is 6. The number of fused-ring (bicyclic) bond motifs is 1. The molecule has 0 unspecified atom stereocenters. The molecule has 7 nitrogen and oxygen atoms in total. The Morgan fingerprint density at radius 2 is 2.00 bits per heavy atom. The van der Waals surface area contributed by atoms with Crippen LogP contribution in [0.1, 0.15) is 29.0 Å². The van der Waals surface area contributed by atoms with E-state index in [1.54, 1.807) is 11.1 Å². The number of carbonyl (C=O) groups excluding carboxylic acids is 1. The van der Waals surface area contributed by atoms with E-state index in [9.17, 15) is 9.90 Å². The smallest absolute Gasteiger partial charge is 0.255 e. The molecule has 2 fully saturated rings. The number of aliphatic hydroxyl groups excluding tert-OH is 1. The summed E-state index contributed by atoms with van der Waals surface area (Å²) in [6.07, 6.45) is 4.01. The summed E-state index contributed by atoms with van der Waals surface area (Å²) in [5.41, 5.74) is 3.25. The number of furan rings is 1. The number of hydrogen-bond donors (Lipinski definition) is 1. The summed E-state index contributed by atoms with van der Waals surface area (Å²) in [4.78, 5) is 21.0. The van der Waals surface area contributed by atoms with Crippen LogP contribution in [-0.4, -0.2) is 71.4 Å². The third-order valence-electron chi connectivity index (χ3n) is 6.15. The van der Waals surface area contributed by atoms with E-state index in [0.29, 0.717) is 31.9 Å². The van der Waals surface area contributed by atoms with Crippen molar-refractivity contribution in [3.05, 3.63) is 53.9 Å². The van der Waals surface area contributed by atoms with Gasteiger partial charge in [0.15, 0.2) is 0 Å². The van der Waals surface area contributed by atoms with E-state index in [0.717, 1.165) is 60.3 Å². The number of benzene rings is 1. The third-order valence-corrected chi connectivity index (χ3v) is 6.15. The number of ether oxygens (including phenoxy) is 1. The Hall–Kier alpha value is -2.74. The molecule has 7 heteroatoms. The first-order valence-corrected chi connectivity index (χ1v) is 11.0. The summed E-state index contributed by atoms with van der Waals surface area (Å²) in [6.45, 7) is 4.16. The number of aromatic nitrogens is 1. The van der Waals surface area contributed by atoms with Gasteiger partial charge in [-0.15, -0.1) is 0 Å². The highest BCUT2D eigenvalue weighted by Gasteiger charge is 2.22. The van der Waals surface area contributed by atoms with Crippen LogP contribution in [0.3, 0.4) is 0 Å². The van der Waals surface area contributed by atoms with Gasteiger partial charge in [-0.3, -0.25) is 14.7 Å². The quantitative estimate of drug-likeness (QED) is 0.683. The SMILES string of the molecule is O=C(c1ccc(-c2ccc3oc(CCN4CCC[C@@H]4O)cc3c2)nc1)N1CCOCC1. The van der Waals surface area contributed by atoms with Crippen LogP contribution in [0.15, 0.2) is 47.0 Å². The van der Waals surface area contributed by atoms with E-state index >= 15 is 0 Å². The van der Waals surface area contributed by atoms with Crippen molar-refractivity contribution in [2.75, 3.05) is 39.4 Å². The fourth-order valence-electron chi connectivity index (χ4n) is 4.34. The lowest BCUT2D eigenvalue weighted by molar-refractivity contribution is 0.0302. The predicted octanol–water partition coefficient (Wildman–Crippen LogP) is 2.92. The number of nitrogens with zero attached hydrogens (tertiary/aromatic N) is 3. The number of rotatable bonds is 5. The lowest BCUT2D eigenvalue weighted by Crippen LogP contribution is -2.40. The minimum absolute atomic E-state index is 0.000370. The van der Waals surface area contributed by atoms with Crippen LogP contribution >= 0.6 is 0 Å². The molecule has 31 heavy (non-hydrogen) atoms. The molecule has 1 amide bonds. The Kier molecular flexibility index (Phi) is 5.72. The minimum atomic E-state index is -0.319. The van der Waals surface area contributed by atoms with Crippen molar-refractivity contribution in [3.63, 3.8) is 0 Å². The first-order valence-electron chi connectivity index (χ1n) is 11.0. The molecule has 1 N–H and O–H groups in total. The van der Waals surface area contributed by atoms with Gasteiger partial charge in [0.05, 0.1) is 24.5 Å². The molecular formula is C24H27N3O4. The van der Waals surface area contributed by atoms with Gasteiger partial charge < -0.3 is 19.2 Å². The van der Waals surface area contributed by atoms with Gasteiger partial charge >= 0.3 is 0 Å². The molecule has 162 valence electrons. The first kappa shape index (κ1) is 20.2. The zero-order valence-corrected chi connectivity index (χ0v) is 17.5. The Balaban J connectivity index is 1.29. The number of morpholine rings is 1. The van der Waals surface area contributed by atoms with E-state index in [2.05, 4.69) is 22.0 Å². The van der Waals surface area contributed by atoms with Gasteiger partial charge in [-0.2, -0.15) is 0 Å². The van der Waals surface area contributed by atoms with Crippen LogP contribution in [0.25, 0.3) is 22.2 Å². The molecule has 0 spiro atoms. The zero-order valence-electron chi connectivity index (χ0n) is 17.5. The second-order valence-electron chi connectivity index (χ2n) is 8.21. The average Bonchev–Trinajstić information content (AvgIpc) is 3.42. The van der Waals surface area contributed by atoms with Crippen LogP contribution in [0.2, 0.25) is 0 Å².